The highest BCUT2D eigenvalue weighted by atomic mass is 16.5. The van der Waals surface area contributed by atoms with E-state index in [1.807, 2.05) is 30.3 Å². The Hall–Kier alpha value is -3.19. The lowest BCUT2D eigenvalue weighted by molar-refractivity contribution is -0.133. The zero-order valence-corrected chi connectivity index (χ0v) is 15.6. The molecule has 3 amide bonds. The summed E-state index contributed by atoms with van der Waals surface area (Å²) in [6, 6.07) is 8.87. The number of carbonyl (C=O) groups is 2. The summed E-state index contributed by atoms with van der Waals surface area (Å²) in [6.07, 6.45) is 5.94. The number of allylic oxidation sites excluding steroid dienone is 3. The maximum absolute atomic E-state index is 13.0. The monoisotopic (exact) mass is 368 g/mol. The summed E-state index contributed by atoms with van der Waals surface area (Å²) in [5.41, 5.74) is -0.0191. The van der Waals surface area contributed by atoms with E-state index in [1.54, 1.807) is 19.9 Å². The fourth-order valence-corrected chi connectivity index (χ4v) is 2.46. The van der Waals surface area contributed by atoms with Gasteiger partial charge in [-0.1, -0.05) is 37.4 Å². The summed E-state index contributed by atoms with van der Waals surface area (Å²) in [5.74, 6) is -0.377. The van der Waals surface area contributed by atoms with Crippen molar-refractivity contribution in [2.45, 2.75) is 19.4 Å². The van der Waals surface area contributed by atoms with Gasteiger partial charge in [0.05, 0.1) is 11.9 Å². The van der Waals surface area contributed by atoms with Crippen LogP contribution in [0.2, 0.25) is 0 Å². The Morgan fingerprint density at radius 1 is 1.26 bits per heavy atom. The number of rotatable bonds is 7. The standard InChI is InChI=1S/C20H24N4O3/c1-5-10-16(13-21-6-2)22-18(25)20(3,4)24-15-27-14-23(19(24)26)17-11-8-7-9-12-17/h5-13H,1-2,14-15H2,3-4H3,(H,22,25)/b16-10+,21-13?. The first kappa shape index (κ1) is 20.1. The number of urea groups is 1. The quantitative estimate of drug-likeness (QED) is 0.594. The molecule has 0 radical (unpaired) electrons. The Balaban J connectivity index is 2.20. The van der Waals surface area contributed by atoms with Crippen molar-refractivity contribution in [2.75, 3.05) is 18.4 Å². The van der Waals surface area contributed by atoms with Gasteiger partial charge in [-0.25, -0.2) is 4.79 Å². The van der Waals surface area contributed by atoms with Crippen LogP contribution in [0.25, 0.3) is 0 Å². The van der Waals surface area contributed by atoms with Crippen molar-refractivity contribution in [3.05, 3.63) is 67.5 Å². The van der Waals surface area contributed by atoms with Crippen molar-refractivity contribution >= 4 is 23.8 Å². The molecule has 1 aromatic rings. The second kappa shape index (κ2) is 8.95. The van der Waals surface area contributed by atoms with Gasteiger partial charge in [-0.2, -0.15) is 0 Å². The molecule has 1 saturated heterocycles. The third kappa shape index (κ3) is 4.71. The molecule has 27 heavy (non-hydrogen) atoms. The number of nitrogens with one attached hydrogen (secondary N) is 1. The Bertz CT molecular complexity index is 769. The van der Waals surface area contributed by atoms with Gasteiger partial charge in [0.1, 0.15) is 19.0 Å². The normalized spacial score (nSPS) is 15.8. The molecule has 1 N–H and O–H groups in total. The van der Waals surface area contributed by atoms with Gasteiger partial charge in [-0.15, -0.1) is 0 Å². The first-order valence-corrected chi connectivity index (χ1v) is 8.42. The molecule has 0 aliphatic carbocycles. The van der Waals surface area contributed by atoms with E-state index < -0.39 is 5.54 Å². The van der Waals surface area contributed by atoms with E-state index in [2.05, 4.69) is 23.5 Å². The van der Waals surface area contributed by atoms with E-state index in [0.717, 1.165) is 0 Å². The molecular weight excluding hydrogens is 344 g/mol. The molecule has 7 nitrogen and oxygen atoms in total. The maximum atomic E-state index is 13.0. The highest BCUT2D eigenvalue weighted by molar-refractivity contribution is 5.99. The molecule has 0 spiro atoms. The molecule has 0 aromatic heterocycles. The van der Waals surface area contributed by atoms with E-state index in [-0.39, 0.29) is 25.4 Å². The van der Waals surface area contributed by atoms with Crippen LogP contribution in [0.15, 0.2) is 72.5 Å². The van der Waals surface area contributed by atoms with E-state index in [4.69, 9.17) is 4.74 Å². The number of nitrogens with zero attached hydrogens (tertiary/aromatic N) is 3. The number of amides is 3. The smallest absolute Gasteiger partial charge is 0.329 e. The van der Waals surface area contributed by atoms with Gasteiger partial charge in [0.2, 0.25) is 5.91 Å². The van der Waals surface area contributed by atoms with Crippen molar-refractivity contribution in [2.24, 2.45) is 4.99 Å². The topological polar surface area (TPSA) is 74.2 Å². The molecule has 7 heteroatoms. The summed E-state index contributed by atoms with van der Waals surface area (Å²) in [7, 11) is 0. The Morgan fingerprint density at radius 3 is 2.59 bits per heavy atom. The van der Waals surface area contributed by atoms with Crippen molar-refractivity contribution in [1.82, 2.24) is 10.2 Å². The van der Waals surface area contributed by atoms with Crippen molar-refractivity contribution in [3.8, 4) is 0 Å². The van der Waals surface area contributed by atoms with E-state index in [9.17, 15) is 9.59 Å². The molecule has 1 aliphatic rings. The molecule has 0 atom stereocenters. The molecule has 2 rings (SSSR count). The van der Waals surface area contributed by atoms with Gasteiger partial charge in [-0.05, 0) is 32.1 Å². The molecule has 1 aromatic carbocycles. The molecule has 1 aliphatic heterocycles. The van der Waals surface area contributed by atoms with Crippen LogP contribution in [0, 0.1) is 0 Å². The minimum atomic E-state index is -1.16. The first-order chi connectivity index (χ1) is 12.9. The summed E-state index contributed by atoms with van der Waals surface area (Å²) in [6.45, 7) is 10.6. The number of aliphatic imine (C=N–C) groups is 1. The summed E-state index contributed by atoms with van der Waals surface area (Å²) >= 11 is 0. The maximum Gasteiger partial charge on any atom is 0.329 e. The van der Waals surface area contributed by atoms with Crippen LogP contribution in [-0.4, -0.2) is 42.1 Å². The van der Waals surface area contributed by atoms with Gasteiger partial charge >= 0.3 is 6.03 Å². The number of ether oxygens (including phenoxy) is 1. The second-order valence-electron chi connectivity index (χ2n) is 6.27. The molecule has 1 fully saturated rings. The Morgan fingerprint density at radius 2 is 1.96 bits per heavy atom. The predicted octanol–water partition coefficient (Wildman–Crippen LogP) is 3.04. The number of hydrogen-bond acceptors (Lipinski definition) is 4. The first-order valence-electron chi connectivity index (χ1n) is 8.42. The van der Waals surface area contributed by atoms with Gasteiger partial charge in [-0.3, -0.25) is 19.6 Å². The van der Waals surface area contributed by atoms with Crippen molar-refractivity contribution in [1.29, 1.82) is 0 Å². The van der Waals surface area contributed by atoms with E-state index in [1.165, 1.54) is 28.3 Å². The van der Waals surface area contributed by atoms with Crippen molar-refractivity contribution in [3.63, 3.8) is 0 Å². The molecule has 0 bridgehead atoms. The fraction of sp³-hybridized carbons (Fsp3) is 0.250. The van der Waals surface area contributed by atoms with Crippen LogP contribution in [-0.2, 0) is 9.53 Å². The van der Waals surface area contributed by atoms with E-state index in [0.29, 0.717) is 11.4 Å². The molecule has 1 heterocycles. The Kier molecular flexibility index (Phi) is 6.67. The SMILES string of the molecule is C=C/C=C(\C=NC=C)NC(=O)C(C)(C)N1COCN(c2ccccc2)C1=O. The van der Waals surface area contributed by atoms with Crippen LogP contribution in [0.4, 0.5) is 10.5 Å². The third-order valence-corrected chi connectivity index (χ3v) is 4.08. The van der Waals surface area contributed by atoms with E-state index >= 15 is 0 Å². The van der Waals surface area contributed by atoms with Crippen LogP contribution in [0.5, 0.6) is 0 Å². The average molecular weight is 368 g/mol. The summed E-state index contributed by atoms with van der Waals surface area (Å²) in [4.78, 5) is 32.6. The zero-order chi connectivity index (χ0) is 19.9. The molecular formula is C20H24N4O3. The van der Waals surface area contributed by atoms with Gasteiger partial charge < -0.3 is 10.1 Å². The zero-order valence-electron chi connectivity index (χ0n) is 15.6. The third-order valence-electron chi connectivity index (χ3n) is 4.08. The molecule has 0 saturated carbocycles. The lowest BCUT2D eigenvalue weighted by Gasteiger charge is -2.43. The number of hydrogen-bond donors (Lipinski definition) is 1. The molecule has 0 unspecified atom stereocenters. The van der Waals surface area contributed by atoms with Crippen LogP contribution >= 0.6 is 0 Å². The minimum absolute atomic E-state index is 0.0177. The van der Waals surface area contributed by atoms with Gasteiger partial charge in [0.15, 0.2) is 0 Å². The van der Waals surface area contributed by atoms with Crippen molar-refractivity contribution < 1.29 is 14.3 Å². The van der Waals surface area contributed by atoms with Gasteiger partial charge in [0, 0.05) is 11.9 Å². The van der Waals surface area contributed by atoms with Gasteiger partial charge in [0.25, 0.3) is 0 Å². The fourth-order valence-electron chi connectivity index (χ4n) is 2.46. The number of para-hydroxylation sites is 1. The van der Waals surface area contributed by atoms with Crippen LogP contribution < -0.4 is 10.2 Å². The minimum Gasteiger partial charge on any atom is -0.340 e. The molecule has 142 valence electrons. The highest BCUT2D eigenvalue weighted by Crippen LogP contribution is 2.24. The number of benzene rings is 1. The summed E-state index contributed by atoms with van der Waals surface area (Å²) in [5, 5.41) is 2.75. The highest BCUT2D eigenvalue weighted by Gasteiger charge is 2.42. The number of anilines is 1. The summed E-state index contributed by atoms with van der Waals surface area (Å²) < 4.78 is 5.55. The van der Waals surface area contributed by atoms with Crippen LogP contribution in [0.1, 0.15) is 13.8 Å². The van der Waals surface area contributed by atoms with Crippen LogP contribution in [0.3, 0.4) is 0 Å². The predicted molar refractivity (Wildman–Crippen MR) is 106 cm³/mol. The number of carbonyl (C=O) groups excluding carboxylic acids is 2. The largest absolute Gasteiger partial charge is 0.340 e. The average Bonchev–Trinajstić information content (AvgIpc) is 2.67. The second-order valence-corrected chi connectivity index (χ2v) is 6.27. The Labute approximate surface area is 159 Å². The lowest BCUT2D eigenvalue weighted by atomic mass is 10.0. The lowest BCUT2D eigenvalue weighted by Crippen LogP contribution is -2.63.